The summed E-state index contributed by atoms with van der Waals surface area (Å²) in [6, 6.07) is 16.9. The predicted octanol–water partition coefficient (Wildman–Crippen LogP) is 4.35. The van der Waals surface area contributed by atoms with Gasteiger partial charge >= 0.3 is 0 Å². The zero-order valence-corrected chi connectivity index (χ0v) is 17.3. The van der Waals surface area contributed by atoms with Crippen molar-refractivity contribution in [1.29, 1.82) is 5.26 Å². The summed E-state index contributed by atoms with van der Waals surface area (Å²) < 4.78 is 0. The Bertz CT molecular complexity index is 1090. The van der Waals surface area contributed by atoms with Gasteiger partial charge in [-0.2, -0.15) is 5.26 Å². The summed E-state index contributed by atoms with van der Waals surface area (Å²) in [6.45, 7) is 1.07. The highest BCUT2D eigenvalue weighted by molar-refractivity contribution is 7.13. The minimum absolute atomic E-state index is 0.0382. The van der Waals surface area contributed by atoms with Gasteiger partial charge in [0, 0.05) is 42.6 Å². The second-order valence-corrected chi connectivity index (χ2v) is 8.30. The number of nitriles is 1. The summed E-state index contributed by atoms with van der Waals surface area (Å²) >= 11 is 1.58. The molecule has 1 amide bonds. The van der Waals surface area contributed by atoms with Gasteiger partial charge in [-0.05, 0) is 36.6 Å². The summed E-state index contributed by atoms with van der Waals surface area (Å²) in [5.74, 6) is 0.0498. The minimum atomic E-state index is -0.130. The first-order valence-electron chi connectivity index (χ1n) is 9.95. The van der Waals surface area contributed by atoms with E-state index in [1.807, 2.05) is 29.6 Å². The van der Waals surface area contributed by atoms with Gasteiger partial charge in [0.15, 0.2) is 0 Å². The van der Waals surface area contributed by atoms with Gasteiger partial charge < -0.3 is 4.90 Å². The van der Waals surface area contributed by atoms with E-state index in [4.69, 9.17) is 0 Å². The third kappa shape index (κ3) is 4.32. The Hall–Kier alpha value is -3.30. The van der Waals surface area contributed by atoms with Crippen molar-refractivity contribution in [3.8, 4) is 16.6 Å². The molecular weight excluding hydrogens is 394 g/mol. The average Bonchev–Trinajstić information content (AvgIpc) is 3.34. The van der Waals surface area contributed by atoms with Crippen LogP contribution in [0.5, 0.6) is 0 Å². The third-order valence-electron chi connectivity index (χ3n) is 5.50. The van der Waals surface area contributed by atoms with E-state index in [0.717, 1.165) is 16.1 Å². The molecule has 0 radical (unpaired) electrons. The van der Waals surface area contributed by atoms with Crippen molar-refractivity contribution >= 4 is 23.0 Å². The van der Waals surface area contributed by atoms with E-state index >= 15 is 0 Å². The van der Waals surface area contributed by atoms with E-state index in [2.05, 4.69) is 11.1 Å². The van der Waals surface area contributed by atoms with Crippen LogP contribution in [-0.2, 0) is 11.2 Å². The molecule has 5 nitrogen and oxygen atoms in total. The van der Waals surface area contributed by atoms with Crippen molar-refractivity contribution in [2.75, 3.05) is 13.1 Å². The average molecular weight is 416 g/mol. The van der Waals surface area contributed by atoms with Gasteiger partial charge in [-0.25, -0.2) is 4.98 Å². The molecule has 0 aliphatic carbocycles. The molecule has 30 heavy (non-hydrogen) atoms. The standard InChI is InChI=1S/C24H21N3O2S/c25-16-20-5-1-2-7-21(20)24(29)27-11-8-18(9-12-27)22(28)15-17-4-3-6-19(14-17)23-26-10-13-30-23/h1-7,10,13-14,18H,8-9,11-12,15H2. The van der Waals surface area contributed by atoms with Gasteiger partial charge in [0.25, 0.3) is 5.91 Å². The van der Waals surface area contributed by atoms with Crippen LogP contribution in [0.25, 0.3) is 10.6 Å². The number of aromatic nitrogens is 1. The lowest BCUT2D eigenvalue weighted by Crippen LogP contribution is -2.40. The highest BCUT2D eigenvalue weighted by Gasteiger charge is 2.28. The molecule has 0 atom stereocenters. The van der Waals surface area contributed by atoms with Crippen LogP contribution in [0.1, 0.15) is 34.3 Å². The normalized spacial score (nSPS) is 14.3. The number of ketones is 1. The second-order valence-electron chi connectivity index (χ2n) is 7.40. The molecule has 0 spiro atoms. The fourth-order valence-electron chi connectivity index (χ4n) is 3.87. The number of carbonyl (C=O) groups is 2. The van der Waals surface area contributed by atoms with Gasteiger partial charge in [0.05, 0.1) is 17.2 Å². The van der Waals surface area contributed by atoms with Crippen LogP contribution in [-0.4, -0.2) is 34.7 Å². The van der Waals surface area contributed by atoms with E-state index in [-0.39, 0.29) is 17.6 Å². The highest BCUT2D eigenvalue weighted by atomic mass is 32.1. The summed E-state index contributed by atoms with van der Waals surface area (Å²) in [6.07, 6.45) is 3.49. The minimum Gasteiger partial charge on any atom is -0.339 e. The number of benzene rings is 2. The molecule has 1 saturated heterocycles. The quantitative estimate of drug-likeness (QED) is 0.621. The Morgan fingerprint density at radius 1 is 1.13 bits per heavy atom. The lowest BCUT2D eigenvalue weighted by atomic mass is 9.88. The first-order valence-corrected chi connectivity index (χ1v) is 10.8. The number of amides is 1. The molecule has 2 heterocycles. The van der Waals surface area contributed by atoms with Crippen molar-refractivity contribution in [2.45, 2.75) is 19.3 Å². The molecule has 6 heteroatoms. The molecule has 0 unspecified atom stereocenters. The molecule has 1 fully saturated rings. The Labute approximate surface area is 179 Å². The van der Waals surface area contributed by atoms with E-state index in [1.54, 1.807) is 46.7 Å². The molecule has 1 aliphatic heterocycles. The Balaban J connectivity index is 1.36. The fourth-order valence-corrected chi connectivity index (χ4v) is 4.50. The number of hydrogen-bond acceptors (Lipinski definition) is 5. The largest absolute Gasteiger partial charge is 0.339 e. The summed E-state index contributed by atoms with van der Waals surface area (Å²) in [7, 11) is 0. The Morgan fingerprint density at radius 3 is 2.67 bits per heavy atom. The molecule has 1 aromatic heterocycles. The van der Waals surface area contributed by atoms with Gasteiger partial charge in [-0.1, -0.05) is 30.3 Å². The summed E-state index contributed by atoms with van der Waals surface area (Å²) in [4.78, 5) is 31.7. The first-order chi connectivity index (χ1) is 14.7. The van der Waals surface area contributed by atoms with Crippen molar-refractivity contribution in [3.63, 3.8) is 0 Å². The third-order valence-corrected chi connectivity index (χ3v) is 6.32. The van der Waals surface area contributed by atoms with Crippen LogP contribution in [0.2, 0.25) is 0 Å². The van der Waals surface area contributed by atoms with Gasteiger partial charge in [-0.15, -0.1) is 11.3 Å². The van der Waals surface area contributed by atoms with E-state index in [9.17, 15) is 14.9 Å². The second kappa shape index (κ2) is 9.02. The zero-order chi connectivity index (χ0) is 20.9. The van der Waals surface area contributed by atoms with E-state index in [1.165, 1.54) is 0 Å². The number of hydrogen-bond donors (Lipinski definition) is 0. The van der Waals surface area contributed by atoms with Crippen molar-refractivity contribution in [1.82, 2.24) is 9.88 Å². The molecule has 1 aliphatic rings. The smallest absolute Gasteiger partial charge is 0.255 e. The number of likely N-dealkylation sites (tertiary alicyclic amines) is 1. The lowest BCUT2D eigenvalue weighted by molar-refractivity contribution is -0.123. The number of carbonyl (C=O) groups excluding carboxylic acids is 2. The van der Waals surface area contributed by atoms with Crippen LogP contribution in [0, 0.1) is 17.2 Å². The number of rotatable bonds is 5. The summed E-state index contributed by atoms with van der Waals surface area (Å²) in [5, 5.41) is 12.1. The molecule has 4 rings (SSSR count). The molecule has 3 aromatic rings. The SMILES string of the molecule is N#Cc1ccccc1C(=O)N1CCC(C(=O)Cc2cccc(-c3nccs3)c2)CC1. The molecule has 0 N–H and O–H groups in total. The Morgan fingerprint density at radius 2 is 1.93 bits per heavy atom. The van der Waals surface area contributed by atoms with Crippen molar-refractivity contribution < 1.29 is 9.59 Å². The van der Waals surface area contributed by atoms with E-state index in [0.29, 0.717) is 43.5 Å². The number of Topliss-reactive ketones (excluding diaryl/α,β-unsaturated/α-hetero) is 1. The van der Waals surface area contributed by atoms with Crippen LogP contribution in [0.15, 0.2) is 60.1 Å². The molecule has 0 saturated carbocycles. The van der Waals surface area contributed by atoms with Crippen LogP contribution >= 0.6 is 11.3 Å². The van der Waals surface area contributed by atoms with Crippen LogP contribution in [0.4, 0.5) is 0 Å². The van der Waals surface area contributed by atoms with Gasteiger partial charge in [0.1, 0.15) is 10.8 Å². The van der Waals surface area contributed by atoms with Gasteiger partial charge in [0.2, 0.25) is 0 Å². The fraction of sp³-hybridized carbons (Fsp3) is 0.250. The van der Waals surface area contributed by atoms with E-state index < -0.39 is 0 Å². The highest BCUT2D eigenvalue weighted by Crippen LogP contribution is 2.25. The molecule has 0 bridgehead atoms. The van der Waals surface area contributed by atoms with Crippen LogP contribution in [0.3, 0.4) is 0 Å². The maximum atomic E-state index is 12.9. The number of thiazole rings is 1. The topological polar surface area (TPSA) is 74.1 Å². The summed E-state index contributed by atoms with van der Waals surface area (Å²) in [5.41, 5.74) is 2.85. The molecular formula is C24H21N3O2S. The maximum Gasteiger partial charge on any atom is 0.255 e. The molecule has 150 valence electrons. The van der Waals surface area contributed by atoms with Crippen LogP contribution < -0.4 is 0 Å². The predicted molar refractivity (Wildman–Crippen MR) is 116 cm³/mol. The maximum absolute atomic E-state index is 12.9. The van der Waals surface area contributed by atoms with Crippen molar-refractivity contribution in [3.05, 3.63) is 76.8 Å². The van der Waals surface area contributed by atoms with Gasteiger partial charge in [-0.3, -0.25) is 9.59 Å². The molecule has 2 aromatic carbocycles. The first kappa shape index (κ1) is 20.0. The lowest BCUT2D eigenvalue weighted by Gasteiger charge is -2.31. The monoisotopic (exact) mass is 415 g/mol. The van der Waals surface area contributed by atoms with Crippen molar-refractivity contribution in [2.24, 2.45) is 5.92 Å². The Kier molecular flexibility index (Phi) is 6.01. The number of nitrogens with zero attached hydrogens (tertiary/aromatic N) is 3. The number of piperidine rings is 1. The zero-order valence-electron chi connectivity index (χ0n) is 16.5.